The van der Waals surface area contributed by atoms with Gasteiger partial charge in [-0.2, -0.15) is 0 Å². The first-order valence-corrected chi connectivity index (χ1v) is 6.30. The molecule has 0 bridgehead atoms. The Labute approximate surface area is 115 Å². The maximum Gasteiger partial charge on any atom is 0.123 e. The largest absolute Gasteiger partial charge is 0.397 e. The average molecular weight is 275 g/mol. The number of halogens is 2. The molecule has 3 aromatic rings. The van der Waals surface area contributed by atoms with Crippen LogP contribution in [-0.2, 0) is 6.54 Å². The molecule has 0 amide bonds. The van der Waals surface area contributed by atoms with Crippen molar-refractivity contribution < 1.29 is 4.39 Å². The number of nitrogens with zero attached hydrogens (tertiary/aromatic N) is 1. The Morgan fingerprint density at radius 1 is 1.16 bits per heavy atom. The molecular weight excluding hydrogens is 263 g/mol. The highest BCUT2D eigenvalue weighted by atomic mass is 35.5. The van der Waals surface area contributed by atoms with Crippen LogP contribution in [-0.4, -0.2) is 4.57 Å². The summed E-state index contributed by atoms with van der Waals surface area (Å²) < 4.78 is 15.3. The summed E-state index contributed by atoms with van der Waals surface area (Å²) in [6.45, 7) is 0.494. The van der Waals surface area contributed by atoms with E-state index < -0.39 is 0 Å². The molecule has 3 rings (SSSR count). The molecule has 2 aromatic carbocycles. The van der Waals surface area contributed by atoms with E-state index in [1.165, 1.54) is 12.1 Å². The van der Waals surface area contributed by atoms with E-state index in [4.69, 9.17) is 17.3 Å². The molecule has 0 spiro atoms. The summed E-state index contributed by atoms with van der Waals surface area (Å²) in [4.78, 5) is 0. The average Bonchev–Trinajstić information content (AvgIpc) is 2.79. The Morgan fingerprint density at radius 2 is 2.00 bits per heavy atom. The molecule has 1 aromatic heterocycles. The predicted molar refractivity (Wildman–Crippen MR) is 76.9 cm³/mol. The van der Waals surface area contributed by atoms with Crippen LogP contribution in [0.1, 0.15) is 5.56 Å². The summed E-state index contributed by atoms with van der Waals surface area (Å²) >= 11 is 6.09. The molecule has 2 N–H and O–H groups in total. The lowest BCUT2D eigenvalue weighted by Gasteiger charge is -2.09. The molecule has 0 unspecified atom stereocenters. The maximum atomic E-state index is 13.3. The second-order valence-corrected chi connectivity index (χ2v) is 4.87. The number of nitrogens with two attached hydrogens (primary N) is 1. The van der Waals surface area contributed by atoms with E-state index in [1.54, 1.807) is 6.07 Å². The van der Waals surface area contributed by atoms with Gasteiger partial charge >= 0.3 is 0 Å². The summed E-state index contributed by atoms with van der Waals surface area (Å²) in [6, 6.07) is 12.1. The quantitative estimate of drug-likeness (QED) is 0.702. The van der Waals surface area contributed by atoms with Crippen LogP contribution in [0.4, 0.5) is 10.1 Å². The molecule has 1 heterocycles. The number of benzene rings is 2. The van der Waals surface area contributed by atoms with Crippen molar-refractivity contribution in [3.63, 3.8) is 0 Å². The molecule has 0 aliphatic heterocycles. The summed E-state index contributed by atoms with van der Waals surface area (Å²) in [7, 11) is 0. The first-order chi connectivity index (χ1) is 9.15. The van der Waals surface area contributed by atoms with Gasteiger partial charge in [0.2, 0.25) is 0 Å². The summed E-state index contributed by atoms with van der Waals surface area (Å²) in [5.41, 5.74) is 8.38. The minimum absolute atomic E-state index is 0.288. The van der Waals surface area contributed by atoms with E-state index in [0.29, 0.717) is 17.3 Å². The van der Waals surface area contributed by atoms with Gasteiger partial charge in [-0.1, -0.05) is 23.7 Å². The van der Waals surface area contributed by atoms with Crippen molar-refractivity contribution in [3.8, 4) is 0 Å². The standard InChI is InChI=1S/C15H12ClFN2/c16-13-5-4-12(17)8-11(13)9-19-7-6-10-2-1-3-14(18)15(10)19/h1-8H,9,18H2. The number of anilines is 1. The Balaban J connectivity index is 2.08. The topological polar surface area (TPSA) is 30.9 Å². The van der Waals surface area contributed by atoms with Crippen molar-refractivity contribution in [3.05, 3.63) is 65.1 Å². The minimum Gasteiger partial charge on any atom is -0.397 e. The summed E-state index contributed by atoms with van der Waals surface area (Å²) in [6.07, 6.45) is 1.93. The maximum absolute atomic E-state index is 13.3. The molecule has 4 heteroatoms. The number of hydrogen-bond acceptors (Lipinski definition) is 1. The fourth-order valence-corrected chi connectivity index (χ4v) is 2.45. The molecule has 0 atom stereocenters. The minimum atomic E-state index is -0.288. The van der Waals surface area contributed by atoms with Gasteiger partial charge in [-0.05, 0) is 35.9 Å². The zero-order chi connectivity index (χ0) is 13.4. The van der Waals surface area contributed by atoms with Crippen LogP contribution in [0.15, 0.2) is 48.7 Å². The molecule has 2 nitrogen and oxygen atoms in total. The second kappa shape index (κ2) is 4.59. The lowest BCUT2D eigenvalue weighted by Crippen LogP contribution is -2.01. The van der Waals surface area contributed by atoms with Gasteiger partial charge in [-0.15, -0.1) is 0 Å². The molecule has 0 aliphatic carbocycles. The normalized spacial score (nSPS) is 11.1. The second-order valence-electron chi connectivity index (χ2n) is 4.46. The summed E-state index contributed by atoms with van der Waals surface area (Å²) in [5.74, 6) is -0.288. The van der Waals surface area contributed by atoms with Gasteiger partial charge in [0, 0.05) is 23.2 Å². The van der Waals surface area contributed by atoms with Gasteiger partial charge < -0.3 is 10.3 Å². The van der Waals surface area contributed by atoms with E-state index >= 15 is 0 Å². The molecular formula is C15H12ClFN2. The first-order valence-electron chi connectivity index (χ1n) is 5.92. The highest BCUT2D eigenvalue weighted by molar-refractivity contribution is 6.31. The fraction of sp³-hybridized carbons (Fsp3) is 0.0667. The van der Waals surface area contributed by atoms with Crippen LogP contribution in [0.3, 0.4) is 0 Å². The third kappa shape index (κ3) is 2.17. The smallest absolute Gasteiger partial charge is 0.123 e. The fourth-order valence-electron chi connectivity index (χ4n) is 2.27. The van der Waals surface area contributed by atoms with E-state index in [9.17, 15) is 4.39 Å². The van der Waals surface area contributed by atoms with E-state index in [2.05, 4.69) is 0 Å². The number of fused-ring (bicyclic) bond motifs is 1. The molecule has 0 saturated carbocycles. The van der Waals surface area contributed by atoms with Crippen LogP contribution in [0.2, 0.25) is 5.02 Å². The number of rotatable bonds is 2. The molecule has 0 aliphatic rings. The van der Waals surface area contributed by atoms with Crippen LogP contribution in [0.5, 0.6) is 0 Å². The van der Waals surface area contributed by atoms with E-state index in [1.807, 2.05) is 35.0 Å². The van der Waals surface area contributed by atoms with Crippen molar-refractivity contribution in [1.82, 2.24) is 4.57 Å². The Bertz CT molecular complexity index is 749. The summed E-state index contributed by atoms with van der Waals surface area (Å²) in [5, 5.41) is 1.62. The zero-order valence-electron chi connectivity index (χ0n) is 10.1. The Morgan fingerprint density at radius 3 is 2.84 bits per heavy atom. The molecule has 0 radical (unpaired) electrons. The van der Waals surface area contributed by atoms with Gasteiger partial charge in [0.15, 0.2) is 0 Å². The van der Waals surface area contributed by atoms with Crippen molar-refractivity contribution in [1.29, 1.82) is 0 Å². The SMILES string of the molecule is Nc1cccc2ccn(Cc3cc(F)ccc3Cl)c12. The predicted octanol–water partition coefficient (Wildman–Crippen LogP) is 4.06. The van der Waals surface area contributed by atoms with Crippen molar-refractivity contribution in [2.24, 2.45) is 0 Å². The van der Waals surface area contributed by atoms with Gasteiger partial charge in [-0.3, -0.25) is 0 Å². The lowest BCUT2D eigenvalue weighted by atomic mass is 10.2. The van der Waals surface area contributed by atoms with Crippen molar-refractivity contribution in [2.45, 2.75) is 6.54 Å². The van der Waals surface area contributed by atoms with Crippen LogP contribution < -0.4 is 5.73 Å². The van der Waals surface area contributed by atoms with Crippen LogP contribution in [0.25, 0.3) is 10.9 Å². The van der Waals surface area contributed by atoms with Gasteiger partial charge in [0.1, 0.15) is 5.82 Å². The Kier molecular flexibility index (Phi) is 2.91. The van der Waals surface area contributed by atoms with Crippen molar-refractivity contribution in [2.75, 3.05) is 5.73 Å². The van der Waals surface area contributed by atoms with Crippen LogP contribution >= 0.6 is 11.6 Å². The molecule has 0 fully saturated rings. The van der Waals surface area contributed by atoms with Gasteiger partial charge in [0.25, 0.3) is 0 Å². The first kappa shape index (κ1) is 12.1. The van der Waals surface area contributed by atoms with Crippen LogP contribution in [0, 0.1) is 5.82 Å². The molecule has 19 heavy (non-hydrogen) atoms. The third-order valence-corrected chi connectivity index (χ3v) is 3.54. The Hall–Kier alpha value is -2.00. The van der Waals surface area contributed by atoms with Gasteiger partial charge in [0.05, 0.1) is 11.2 Å². The highest BCUT2D eigenvalue weighted by Gasteiger charge is 2.07. The number of nitrogen functional groups attached to an aromatic ring is 1. The highest BCUT2D eigenvalue weighted by Crippen LogP contribution is 2.25. The molecule has 96 valence electrons. The van der Waals surface area contributed by atoms with E-state index in [-0.39, 0.29) is 5.82 Å². The third-order valence-electron chi connectivity index (χ3n) is 3.17. The monoisotopic (exact) mass is 274 g/mol. The number of para-hydroxylation sites is 1. The zero-order valence-corrected chi connectivity index (χ0v) is 10.9. The van der Waals surface area contributed by atoms with Crippen molar-refractivity contribution >= 4 is 28.2 Å². The van der Waals surface area contributed by atoms with Gasteiger partial charge in [-0.25, -0.2) is 4.39 Å². The lowest BCUT2D eigenvalue weighted by molar-refractivity contribution is 0.624. The van der Waals surface area contributed by atoms with E-state index in [0.717, 1.165) is 16.5 Å². The molecule has 0 saturated heterocycles. The number of aromatic nitrogens is 1. The number of hydrogen-bond donors (Lipinski definition) is 1.